The summed E-state index contributed by atoms with van der Waals surface area (Å²) in [7, 11) is 5.72. The molecule has 4 aromatic rings. The molecular weight excluding hydrogens is 418 g/mol. The average Bonchev–Trinajstić information content (AvgIpc) is 3.25. The van der Waals surface area contributed by atoms with Crippen LogP contribution >= 0.6 is 11.3 Å². The van der Waals surface area contributed by atoms with E-state index in [4.69, 9.17) is 9.72 Å². The molecule has 5 nitrogen and oxygen atoms in total. The van der Waals surface area contributed by atoms with E-state index in [0.717, 1.165) is 40.1 Å². The summed E-state index contributed by atoms with van der Waals surface area (Å²) in [6.07, 6.45) is 0.861. The summed E-state index contributed by atoms with van der Waals surface area (Å²) in [5, 5.41) is 0.712. The number of anilines is 1. The highest BCUT2D eigenvalue weighted by Gasteiger charge is 2.21. The molecule has 0 unspecified atom stereocenters. The number of methoxy groups -OCH3 is 1. The smallest absolute Gasteiger partial charge is 0.260 e. The van der Waals surface area contributed by atoms with Crippen LogP contribution in [0.2, 0.25) is 0 Å². The second-order valence-corrected chi connectivity index (χ2v) is 8.90. The molecule has 0 fully saturated rings. The van der Waals surface area contributed by atoms with Crippen LogP contribution in [-0.2, 0) is 0 Å². The van der Waals surface area contributed by atoms with Crippen molar-refractivity contribution in [3.63, 3.8) is 0 Å². The van der Waals surface area contributed by atoms with Gasteiger partial charge in [0, 0.05) is 18.2 Å². The van der Waals surface area contributed by atoms with Crippen molar-refractivity contribution >= 4 is 32.6 Å². The maximum atomic E-state index is 13.5. The van der Waals surface area contributed by atoms with Crippen LogP contribution in [0.1, 0.15) is 16.8 Å². The normalized spacial score (nSPS) is 11.1. The molecule has 0 bridgehead atoms. The van der Waals surface area contributed by atoms with E-state index >= 15 is 0 Å². The van der Waals surface area contributed by atoms with Crippen molar-refractivity contribution in [1.29, 1.82) is 0 Å². The van der Waals surface area contributed by atoms with E-state index in [1.54, 1.807) is 12.0 Å². The van der Waals surface area contributed by atoms with Crippen molar-refractivity contribution in [3.8, 4) is 16.9 Å². The van der Waals surface area contributed by atoms with Crippen LogP contribution in [0.15, 0.2) is 72.8 Å². The lowest BCUT2D eigenvalue weighted by molar-refractivity contribution is 0.0986. The molecule has 3 aromatic carbocycles. The minimum absolute atomic E-state index is 0.0330. The molecule has 164 valence electrons. The molecule has 0 aliphatic carbocycles. The first-order valence-electron chi connectivity index (χ1n) is 10.6. The van der Waals surface area contributed by atoms with Gasteiger partial charge in [-0.25, -0.2) is 4.98 Å². The first-order valence-corrected chi connectivity index (χ1v) is 11.4. The molecule has 1 aromatic heterocycles. The fraction of sp³-hybridized carbons (Fsp3) is 0.231. The SMILES string of the molecule is COc1ccc2sc(N(CCCN(C)C)C(=O)c3ccc(-c4ccccc4)cc3)nc2c1. The van der Waals surface area contributed by atoms with Crippen molar-refractivity contribution in [1.82, 2.24) is 9.88 Å². The summed E-state index contributed by atoms with van der Waals surface area (Å²) in [5.74, 6) is 0.728. The summed E-state index contributed by atoms with van der Waals surface area (Å²) in [5.41, 5.74) is 3.73. The summed E-state index contributed by atoms with van der Waals surface area (Å²) >= 11 is 1.53. The molecular formula is C26H27N3O2S. The van der Waals surface area contributed by atoms with E-state index in [0.29, 0.717) is 17.2 Å². The van der Waals surface area contributed by atoms with Crippen molar-refractivity contribution in [3.05, 3.63) is 78.4 Å². The van der Waals surface area contributed by atoms with Crippen LogP contribution < -0.4 is 9.64 Å². The van der Waals surface area contributed by atoms with Gasteiger partial charge in [0.1, 0.15) is 5.75 Å². The third-order valence-electron chi connectivity index (χ3n) is 5.29. The number of hydrogen-bond acceptors (Lipinski definition) is 5. The number of hydrogen-bond donors (Lipinski definition) is 0. The number of ether oxygens (including phenoxy) is 1. The Hall–Kier alpha value is -3.22. The van der Waals surface area contributed by atoms with Gasteiger partial charge >= 0.3 is 0 Å². The van der Waals surface area contributed by atoms with Gasteiger partial charge in [-0.1, -0.05) is 53.8 Å². The Labute approximate surface area is 192 Å². The minimum atomic E-state index is -0.0330. The van der Waals surface area contributed by atoms with Crippen molar-refractivity contribution in [2.24, 2.45) is 0 Å². The molecule has 0 saturated carbocycles. The quantitative estimate of drug-likeness (QED) is 0.356. The largest absolute Gasteiger partial charge is 0.497 e. The number of thiazole rings is 1. The first-order chi connectivity index (χ1) is 15.5. The molecule has 32 heavy (non-hydrogen) atoms. The first kappa shape index (κ1) is 22.0. The zero-order chi connectivity index (χ0) is 22.5. The number of fused-ring (bicyclic) bond motifs is 1. The number of nitrogens with zero attached hydrogens (tertiary/aromatic N) is 3. The maximum Gasteiger partial charge on any atom is 0.260 e. The van der Waals surface area contributed by atoms with Gasteiger partial charge in [0.15, 0.2) is 5.13 Å². The van der Waals surface area contributed by atoms with Crippen LogP contribution in [-0.4, -0.2) is 50.1 Å². The molecule has 1 heterocycles. The second-order valence-electron chi connectivity index (χ2n) is 7.89. The Bertz CT molecular complexity index is 1190. The zero-order valence-corrected chi connectivity index (χ0v) is 19.4. The Morgan fingerprint density at radius 1 is 0.938 bits per heavy atom. The molecule has 0 aliphatic rings. The molecule has 1 amide bonds. The molecule has 0 aliphatic heterocycles. The standard InChI is InChI=1S/C26H27N3O2S/c1-28(2)16-7-17-29(26-27-23-18-22(31-3)14-15-24(23)32-26)25(30)21-12-10-20(11-13-21)19-8-5-4-6-9-19/h4-6,8-15,18H,7,16-17H2,1-3H3. The van der Waals surface area contributed by atoms with E-state index in [-0.39, 0.29) is 5.91 Å². The third kappa shape index (κ3) is 4.98. The lowest BCUT2D eigenvalue weighted by Gasteiger charge is -2.21. The van der Waals surface area contributed by atoms with Crippen LogP contribution in [0.5, 0.6) is 5.75 Å². The Balaban J connectivity index is 1.63. The van der Waals surface area contributed by atoms with Crippen LogP contribution in [0.3, 0.4) is 0 Å². The number of rotatable bonds is 8. The molecule has 0 spiro atoms. The van der Waals surface area contributed by atoms with Crippen molar-refractivity contribution < 1.29 is 9.53 Å². The Kier molecular flexibility index (Phi) is 6.83. The van der Waals surface area contributed by atoms with Crippen LogP contribution in [0.25, 0.3) is 21.3 Å². The molecule has 0 atom stereocenters. The summed E-state index contributed by atoms with van der Waals surface area (Å²) in [4.78, 5) is 22.2. The topological polar surface area (TPSA) is 45.7 Å². The van der Waals surface area contributed by atoms with Gasteiger partial charge < -0.3 is 9.64 Å². The second kappa shape index (κ2) is 9.94. The highest BCUT2D eigenvalue weighted by atomic mass is 32.1. The highest BCUT2D eigenvalue weighted by Crippen LogP contribution is 2.32. The average molecular weight is 446 g/mol. The highest BCUT2D eigenvalue weighted by molar-refractivity contribution is 7.22. The number of benzene rings is 3. The predicted molar refractivity (Wildman–Crippen MR) is 133 cm³/mol. The minimum Gasteiger partial charge on any atom is -0.497 e. The van der Waals surface area contributed by atoms with E-state index in [2.05, 4.69) is 17.0 Å². The van der Waals surface area contributed by atoms with E-state index in [9.17, 15) is 4.79 Å². The number of carbonyl (C=O) groups excluding carboxylic acids is 1. The van der Waals surface area contributed by atoms with Gasteiger partial charge in [0.05, 0.1) is 17.3 Å². The van der Waals surface area contributed by atoms with Crippen molar-refractivity contribution in [2.75, 3.05) is 39.2 Å². The van der Waals surface area contributed by atoms with Gasteiger partial charge in [-0.15, -0.1) is 0 Å². The Morgan fingerprint density at radius 3 is 2.34 bits per heavy atom. The summed E-state index contributed by atoms with van der Waals surface area (Å²) < 4.78 is 6.36. The fourth-order valence-electron chi connectivity index (χ4n) is 3.56. The van der Waals surface area contributed by atoms with Gasteiger partial charge in [-0.2, -0.15) is 0 Å². The van der Waals surface area contributed by atoms with Crippen LogP contribution in [0, 0.1) is 0 Å². The van der Waals surface area contributed by atoms with E-state index in [1.807, 2.05) is 74.8 Å². The predicted octanol–water partition coefficient (Wildman–Crippen LogP) is 5.57. The molecule has 4 rings (SSSR count). The molecule has 0 N–H and O–H groups in total. The molecule has 6 heteroatoms. The summed E-state index contributed by atoms with van der Waals surface area (Å²) in [6.45, 7) is 1.50. The van der Waals surface area contributed by atoms with Crippen molar-refractivity contribution in [2.45, 2.75) is 6.42 Å². The summed E-state index contributed by atoms with van der Waals surface area (Å²) in [6, 6.07) is 23.8. The number of aromatic nitrogens is 1. The monoisotopic (exact) mass is 445 g/mol. The Morgan fingerprint density at radius 2 is 1.66 bits per heavy atom. The fourth-order valence-corrected chi connectivity index (χ4v) is 4.53. The molecule has 0 radical (unpaired) electrons. The van der Waals surface area contributed by atoms with Crippen LogP contribution in [0.4, 0.5) is 5.13 Å². The van der Waals surface area contributed by atoms with E-state index < -0.39 is 0 Å². The zero-order valence-electron chi connectivity index (χ0n) is 18.6. The van der Waals surface area contributed by atoms with E-state index in [1.165, 1.54) is 11.3 Å². The van der Waals surface area contributed by atoms with Gasteiger partial charge in [0.25, 0.3) is 5.91 Å². The number of amides is 1. The molecule has 0 saturated heterocycles. The maximum absolute atomic E-state index is 13.5. The number of carbonyl (C=O) groups is 1. The van der Waals surface area contributed by atoms with Gasteiger partial charge in [-0.05, 0) is 62.5 Å². The van der Waals surface area contributed by atoms with Gasteiger partial charge in [-0.3, -0.25) is 9.69 Å². The lowest BCUT2D eigenvalue weighted by atomic mass is 10.0. The lowest BCUT2D eigenvalue weighted by Crippen LogP contribution is -2.33. The van der Waals surface area contributed by atoms with Gasteiger partial charge in [0.2, 0.25) is 0 Å². The third-order valence-corrected chi connectivity index (χ3v) is 6.34.